The van der Waals surface area contributed by atoms with Crippen LogP contribution in [0.3, 0.4) is 0 Å². The molecule has 1 fully saturated rings. The van der Waals surface area contributed by atoms with E-state index in [2.05, 4.69) is 5.32 Å². The quantitative estimate of drug-likeness (QED) is 0.826. The summed E-state index contributed by atoms with van der Waals surface area (Å²) in [5.41, 5.74) is 0.475. The van der Waals surface area contributed by atoms with Crippen LogP contribution in [0.2, 0.25) is 0 Å². The Balaban J connectivity index is 1.82. The van der Waals surface area contributed by atoms with Crippen LogP contribution in [0, 0.1) is 11.7 Å². The summed E-state index contributed by atoms with van der Waals surface area (Å²) in [7, 11) is 0. The standard InChI is InChI=1S/C14H18FNO3/c1-9(17)11-4-5-13(12(15)6-11)19-8-14(18)16-7-10-2-3-10/h4-6,9-10,17H,2-3,7-8H2,1H3,(H,16,18)/t9-/m1/s1. The summed E-state index contributed by atoms with van der Waals surface area (Å²) < 4.78 is 18.7. The monoisotopic (exact) mass is 267 g/mol. The van der Waals surface area contributed by atoms with E-state index in [1.165, 1.54) is 12.1 Å². The van der Waals surface area contributed by atoms with Crippen molar-refractivity contribution in [3.63, 3.8) is 0 Å². The Hall–Kier alpha value is -1.62. The number of carbonyl (C=O) groups excluding carboxylic acids is 1. The third-order valence-corrected chi connectivity index (χ3v) is 3.08. The maximum atomic E-state index is 13.6. The molecule has 1 amide bonds. The predicted octanol–water partition coefficient (Wildman–Crippen LogP) is 1.78. The van der Waals surface area contributed by atoms with E-state index >= 15 is 0 Å². The first-order chi connectivity index (χ1) is 9.06. The topological polar surface area (TPSA) is 58.6 Å². The molecule has 0 aliphatic heterocycles. The maximum Gasteiger partial charge on any atom is 0.257 e. The fourth-order valence-electron chi connectivity index (χ4n) is 1.67. The lowest BCUT2D eigenvalue weighted by Crippen LogP contribution is -2.30. The van der Waals surface area contributed by atoms with Crippen molar-refractivity contribution >= 4 is 5.91 Å². The minimum atomic E-state index is -0.731. The van der Waals surface area contributed by atoms with Crippen molar-refractivity contribution in [3.8, 4) is 5.75 Å². The van der Waals surface area contributed by atoms with Gasteiger partial charge in [0, 0.05) is 6.54 Å². The highest BCUT2D eigenvalue weighted by Crippen LogP contribution is 2.27. The Morgan fingerprint density at radius 3 is 2.89 bits per heavy atom. The number of carbonyl (C=O) groups is 1. The van der Waals surface area contributed by atoms with Crippen molar-refractivity contribution in [2.24, 2.45) is 5.92 Å². The molecule has 0 unspecified atom stereocenters. The number of halogens is 1. The van der Waals surface area contributed by atoms with Gasteiger partial charge in [-0.15, -0.1) is 0 Å². The summed E-state index contributed by atoms with van der Waals surface area (Å²) in [6, 6.07) is 4.21. The molecule has 0 heterocycles. The van der Waals surface area contributed by atoms with Gasteiger partial charge in [0.25, 0.3) is 5.91 Å². The van der Waals surface area contributed by atoms with Gasteiger partial charge in [0.1, 0.15) is 0 Å². The van der Waals surface area contributed by atoms with E-state index in [4.69, 9.17) is 4.74 Å². The van der Waals surface area contributed by atoms with Crippen LogP contribution in [0.15, 0.2) is 18.2 Å². The maximum absolute atomic E-state index is 13.6. The lowest BCUT2D eigenvalue weighted by atomic mass is 10.1. The summed E-state index contributed by atoms with van der Waals surface area (Å²) in [5.74, 6) is -0.198. The molecule has 0 bridgehead atoms. The lowest BCUT2D eigenvalue weighted by Gasteiger charge is -2.10. The predicted molar refractivity (Wildman–Crippen MR) is 68.3 cm³/mol. The molecule has 0 radical (unpaired) electrons. The van der Waals surface area contributed by atoms with Gasteiger partial charge in [0.05, 0.1) is 6.10 Å². The van der Waals surface area contributed by atoms with Crippen molar-refractivity contribution in [1.29, 1.82) is 0 Å². The number of rotatable bonds is 6. The highest BCUT2D eigenvalue weighted by molar-refractivity contribution is 5.77. The van der Waals surface area contributed by atoms with Gasteiger partial charge in [0.15, 0.2) is 18.2 Å². The average molecular weight is 267 g/mol. The zero-order valence-corrected chi connectivity index (χ0v) is 10.9. The lowest BCUT2D eigenvalue weighted by molar-refractivity contribution is -0.123. The van der Waals surface area contributed by atoms with E-state index < -0.39 is 11.9 Å². The largest absolute Gasteiger partial charge is 0.481 e. The number of ether oxygens (including phenoxy) is 1. The van der Waals surface area contributed by atoms with E-state index in [-0.39, 0.29) is 18.3 Å². The molecule has 1 aromatic carbocycles. The van der Waals surface area contributed by atoms with Crippen LogP contribution in [0.5, 0.6) is 5.75 Å². The van der Waals surface area contributed by atoms with Crippen molar-refractivity contribution in [2.75, 3.05) is 13.2 Å². The van der Waals surface area contributed by atoms with Gasteiger partial charge < -0.3 is 15.2 Å². The van der Waals surface area contributed by atoms with Crippen molar-refractivity contribution in [3.05, 3.63) is 29.6 Å². The summed E-state index contributed by atoms with van der Waals surface area (Å²) >= 11 is 0. The third-order valence-electron chi connectivity index (χ3n) is 3.08. The second-order valence-corrected chi connectivity index (χ2v) is 4.90. The van der Waals surface area contributed by atoms with Gasteiger partial charge in [-0.2, -0.15) is 0 Å². The van der Waals surface area contributed by atoms with Gasteiger partial charge in [-0.1, -0.05) is 6.07 Å². The van der Waals surface area contributed by atoms with E-state index in [0.29, 0.717) is 18.0 Å². The SMILES string of the molecule is C[C@@H](O)c1ccc(OCC(=O)NCC2CC2)c(F)c1. The van der Waals surface area contributed by atoms with Crippen LogP contribution >= 0.6 is 0 Å². The second-order valence-electron chi connectivity index (χ2n) is 4.90. The molecule has 4 nitrogen and oxygen atoms in total. The first-order valence-corrected chi connectivity index (χ1v) is 6.43. The van der Waals surface area contributed by atoms with Crippen LogP contribution in [-0.4, -0.2) is 24.2 Å². The van der Waals surface area contributed by atoms with Crippen molar-refractivity contribution in [1.82, 2.24) is 5.32 Å². The molecule has 104 valence electrons. The molecule has 0 aromatic heterocycles. The smallest absolute Gasteiger partial charge is 0.257 e. The van der Waals surface area contributed by atoms with E-state index in [1.54, 1.807) is 13.0 Å². The molecule has 2 rings (SSSR count). The molecule has 2 N–H and O–H groups in total. The average Bonchev–Trinajstić information content (AvgIpc) is 3.18. The number of hydrogen-bond donors (Lipinski definition) is 2. The fourth-order valence-corrected chi connectivity index (χ4v) is 1.67. The number of aliphatic hydroxyl groups excluding tert-OH is 1. The van der Waals surface area contributed by atoms with Crippen LogP contribution in [-0.2, 0) is 4.79 Å². The molecule has 1 atom stereocenters. The van der Waals surface area contributed by atoms with Gasteiger partial charge in [-0.05, 0) is 43.4 Å². The van der Waals surface area contributed by atoms with Crippen LogP contribution < -0.4 is 10.1 Å². The number of amides is 1. The zero-order valence-electron chi connectivity index (χ0n) is 10.9. The molecule has 1 aliphatic rings. The van der Waals surface area contributed by atoms with Crippen molar-refractivity contribution in [2.45, 2.75) is 25.9 Å². The summed E-state index contributed by atoms with van der Waals surface area (Å²) in [5, 5.41) is 12.1. The van der Waals surface area contributed by atoms with E-state index in [0.717, 1.165) is 12.8 Å². The number of aliphatic hydroxyl groups is 1. The van der Waals surface area contributed by atoms with E-state index in [9.17, 15) is 14.3 Å². The number of hydrogen-bond acceptors (Lipinski definition) is 3. The van der Waals surface area contributed by atoms with Gasteiger partial charge in [-0.3, -0.25) is 4.79 Å². The highest BCUT2D eigenvalue weighted by Gasteiger charge is 2.21. The molecule has 5 heteroatoms. The molecular formula is C14H18FNO3. The van der Waals surface area contributed by atoms with Crippen LogP contribution in [0.1, 0.15) is 31.4 Å². The first-order valence-electron chi connectivity index (χ1n) is 6.43. The van der Waals surface area contributed by atoms with Crippen LogP contribution in [0.4, 0.5) is 4.39 Å². The Bertz CT molecular complexity index is 458. The van der Waals surface area contributed by atoms with Gasteiger partial charge >= 0.3 is 0 Å². The molecule has 19 heavy (non-hydrogen) atoms. The van der Waals surface area contributed by atoms with Gasteiger partial charge in [0.2, 0.25) is 0 Å². The normalized spacial score (nSPS) is 15.9. The Morgan fingerprint density at radius 1 is 1.58 bits per heavy atom. The second kappa shape index (κ2) is 6.02. The zero-order chi connectivity index (χ0) is 13.8. The summed E-state index contributed by atoms with van der Waals surface area (Å²) in [6.07, 6.45) is 1.60. The Morgan fingerprint density at radius 2 is 2.32 bits per heavy atom. The molecule has 0 spiro atoms. The number of benzene rings is 1. The summed E-state index contributed by atoms with van der Waals surface area (Å²) in [6.45, 7) is 2.03. The fraction of sp³-hybridized carbons (Fsp3) is 0.500. The van der Waals surface area contributed by atoms with Crippen molar-refractivity contribution < 1.29 is 19.0 Å². The number of nitrogens with one attached hydrogen (secondary N) is 1. The Kier molecular flexibility index (Phi) is 4.37. The highest BCUT2D eigenvalue weighted by atomic mass is 19.1. The Labute approximate surface area is 111 Å². The minimum absolute atomic E-state index is 0.0194. The first kappa shape index (κ1) is 13.8. The summed E-state index contributed by atoms with van der Waals surface area (Å²) in [4.78, 5) is 11.4. The van der Waals surface area contributed by atoms with Crippen LogP contribution in [0.25, 0.3) is 0 Å². The molecule has 1 aliphatic carbocycles. The molecule has 1 aromatic rings. The van der Waals surface area contributed by atoms with E-state index in [1.807, 2.05) is 0 Å². The van der Waals surface area contributed by atoms with Gasteiger partial charge in [-0.25, -0.2) is 4.39 Å². The molecular weight excluding hydrogens is 249 g/mol. The molecule has 0 saturated heterocycles. The third kappa shape index (κ3) is 4.21. The molecule has 1 saturated carbocycles. The minimum Gasteiger partial charge on any atom is -0.481 e.